The molecule has 0 amide bonds. The van der Waals surface area contributed by atoms with Crippen LogP contribution in [0.2, 0.25) is 0 Å². The average molecular weight is 319 g/mol. The minimum Gasteiger partial charge on any atom is -0.469 e. The molecule has 0 aliphatic heterocycles. The van der Waals surface area contributed by atoms with Crippen molar-refractivity contribution >= 4 is 5.97 Å². The maximum atomic E-state index is 12.6. The molecule has 0 aromatic rings. The zero-order valence-electron chi connectivity index (χ0n) is 15.7. The summed E-state index contributed by atoms with van der Waals surface area (Å²) in [6, 6.07) is 0. The molecule has 130 valence electrons. The molecule has 0 aromatic heterocycles. The highest BCUT2D eigenvalue weighted by atomic mass is 16.5. The lowest BCUT2D eigenvalue weighted by atomic mass is 9.44. The van der Waals surface area contributed by atoms with Crippen molar-refractivity contribution in [3.8, 4) is 0 Å². The molecule has 0 radical (unpaired) electrons. The Hall–Kier alpha value is -0.790. The largest absolute Gasteiger partial charge is 0.469 e. The Morgan fingerprint density at radius 3 is 2.61 bits per heavy atom. The Labute approximate surface area is 142 Å². The number of esters is 1. The molecule has 3 aliphatic carbocycles. The average Bonchev–Trinajstić information content (AvgIpc) is 2.53. The Bertz CT molecular complexity index is 506. The Morgan fingerprint density at radius 1 is 1.22 bits per heavy atom. The summed E-state index contributed by atoms with van der Waals surface area (Å²) in [4.78, 5) is 12.6. The maximum absolute atomic E-state index is 12.6. The van der Waals surface area contributed by atoms with Crippen molar-refractivity contribution in [2.45, 2.75) is 72.6 Å². The number of rotatable bonds is 2. The Balaban J connectivity index is 1.92. The van der Waals surface area contributed by atoms with Crippen molar-refractivity contribution in [1.82, 2.24) is 0 Å². The van der Waals surface area contributed by atoms with E-state index >= 15 is 0 Å². The molecule has 3 rings (SSSR count). The summed E-state index contributed by atoms with van der Waals surface area (Å²) in [6.45, 7) is 9.32. The van der Waals surface area contributed by atoms with Gasteiger partial charge < -0.3 is 4.74 Å². The topological polar surface area (TPSA) is 26.3 Å². The van der Waals surface area contributed by atoms with E-state index in [-0.39, 0.29) is 11.4 Å². The summed E-state index contributed by atoms with van der Waals surface area (Å²) in [5.74, 6) is 2.70. The number of carbonyl (C=O) groups excluding carboxylic acids is 1. The number of allylic oxidation sites excluding steroid dienone is 2. The van der Waals surface area contributed by atoms with Crippen molar-refractivity contribution in [1.29, 1.82) is 0 Å². The van der Waals surface area contributed by atoms with Gasteiger partial charge in [-0.2, -0.15) is 0 Å². The smallest absolute Gasteiger partial charge is 0.311 e. The van der Waals surface area contributed by atoms with E-state index in [2.05, 4.69) is 33.8 Å². The van der Waals surface area contributed by atoms with Crippen molar-refractivity contribution in [3.63, 3.8) is 0 Å². The fourth-order valence-corrected chi connectivity index (χ4v) is 6.44. The fourth-order valence-electron chi connectivity index (χ4n) is 6.44. The van der Waals surface area contributed by atoms with Gasteiger partial charge in [0.15, 0.2) is 0 Å². The molecule has 2 saturated carbocycles. The van der Waals surface area contributed by atoms with Gasteiger partial charge in [0.1, 0.15) is 0 Å². The molecular weight excluding hydrogens is 284 g/mol. The molecular formula is C21H34O2. The van der Waals surface area contributed by atoms with Crippen molar-refractivity contribution in [2.24, 2.45) is 34.5 Å². The normalized spacial score (nSPS) is 43.4. The summed E-state index contributed by atoms with van der Waals surface area (Å²) in [7, 11) is 1.56. The third kappa shape index (κ3) is 2.57. The lowest BCUT2D eigenvalue weighted by Gasteiger charge is -2.59. The van der Waals surface area contributed by atoms with Crippen LogP contribution >= 0.6 is 0 Å². The van der Waals surface area contributed by atoms with Crippen LogP contribution in [0.3, 0.4) is 0 Å². The van der Waals surface area contributed by atoms with Gasteiger partial charge in [0.25, 0.3) is 0 Å². The van der Waals surface area contributed by atoms with Crippen molar-refractivity contribution in [3.05, 3.63) is 11.6 Å². The van der Waals surface area contributed by atoms with Gasteiger partial charge in [0.2, 0.25) is 0 Å². The van der Waals surface area contributed by atoms with Gasteiger partial charge in [-0.15, -0.1) is 0 Å². The molecule has 2 fully saturated rings. The molecule has 0 spiro atoms. The van der Waals surface area contributed by atoms with E-state index in [0.29, 0.717) is 17.3 Å². The lowest BCUT2D eigenvalue weighted by Crippen LogP contribution is -2.55. The lowest BCUT2D eigenvalue weighted by molar-refractivity contribution is -0.172. The van der Waals surface area contributed by atoms with E-state index in [9.17, 15) is 4.79 Å². The van der Waals surface area contributed by atoms with Crippen LogP contribution in [-0.4, -0.2) is 13.1 Å². The van der Waals surface area contributed by atoms with Crippen LogP contribution in [0.1, 0.15) is 72.6 Å². The highest BCUT2D eigenvalue weighted by Crippen LogP contribution is 2.63. The molecule has 0 N–H and O–H groups in total. The highest BCUT2D eigenvalue weighted by molar-refractivity contribution is 5.77. The van der Waals surface area contributed by atoms with Gasteiger partial charge in [-0.1, -0.05) is 38.8 Å². The second-order valence-electron chi connectivity index (χ2n) is 9.10. The van der Waals surface area contributed by atoms with Crippen LogP contribution in [0.25, 0.3) is 0 Å². The number of carbonyl (C=O) groups is 1. The van der Waals surface area contributed by atoms with E-state index in [4.69, 9.17) is 4.74 Å². The van der Waals surface area contributed by atoms with Gasteiger partial charge in [-0.25, -0.2) is 0 Å². The van der Waals surface area contributed by atoms with Crippen LogP contribution in [-0.2, 0) is 9.53 Å². The molecule has 0 heterocycles. The minimum atomic E-state index is -0.269. The number of hydrogen-bond donors (Lipinski definition) is 0. The van der Waals surface area contributed by atoms with Gasteiger partial charge in [-0.05, 0) is 74.5 Å². The molecule has 2 heteroatoms. The number of methoxy groups -OCH3 is 1. The fraction of sp³-hybridized carbons (Fsp3) is 0.857. The van der Waals surface area contributed by atoms with E-state index in [1.54, 1.807) is 12.7 Å². The van der Waals surface area contributed by atoms with Crippen molar-refractivity contribution < 1.29 is 9.53 Å². The Kier molecular flexibility index (Phi) is 4.40. The maximum Gasteiger partial charge on any atom is 0.311 e. The van der Waals surface area contributed by atoms with Crippen LogP contribution in [0.4, 0.5) is 0 Å². The summed E-state index contributed by atoms with van der Waals surface area (Å²) >= 11 is 0. The SMILES string of the molecule is COC(=O)[C@]1(C)CCC[C@@]2(C)[C@H]1CC[C@H]1C=C(C(C)C)CC[C@@H]12. The third-order valence-corrected chi connectivity index (χ3v) is 7.69. The standard InChI is InChI=1S/C21H34O2/c1-14(2)15-7-9-17-16(13-15)8-10-18-20(17,3)11-6-12-21(18,4)19(22)23-5/h13-14,16-18H,6-12H2,1-5H3/t16-,17-,18+,20+,21+/m0/s1. The molecule has 2 nitrogen and oxygen atoms in total. The third-order valence-electron chi connectivity index (χ3n) is 7.69. The minimum absolute atomic E-state index is 0.0288. The van der Waals surface area contributed by atoms with E-state index < -0.39 is 0 Å². The van der Waals surface area contributed by atoms with Crippen LogP contribution in [0, 0.1) is 34.5 Å². The molecule has 23 heavy (non-hydrogen) atoms. The van der Waals surface area contributed by atoms with Gasteiger partial charge in [-0.3, -0.25) is 4.79 Å². The zero-order chi connectivity index (χ0) is 16.8. The first kappa shape index (κ1) is 17.0. The van der Waals surface area contributed by atoms with Crippen LogP contribution in [0.15, 0.2) is 11.6 Å². The van der Waals surface area contributed by atoms with Crippen LogP contribution < -0.4 is 0 Å². The first-order valence-corrected chi connectivity index (χ1v) is 9.62. The molecule has 0 unspecified atom stereocenters. The Morgan fingerprint density at radius 2 is 1.96 bits per heavy atom. The number of ether oxygens (including phenoxy) is 1. The van der Waals surface area contributed by atoms with Crippen LogP contribution in [0.5, 0.6) is 0 Å². The molecule has 0 aromatic carbocycles. The monoisotopic (exact) mass is 318 g/mol. The zero-order valence-corrected chi connectivity index (χ0v) is 15.7. The van der Waals surface area contributed by atoms with E-state index in [1.165, 1.54) is 38.5 Å². The second kappa shape index (κ2) is 5.93. The summed E-state index contributed by atoms with van der Waals surface area (Å²) in [5.41, 5.74) is 1.71. The van der Waals surface area contributed by atoms with Gasteiger partial charge in [0, 0.05) is 0 Å². The first-order chi connectivity index (χ1) is 10.8. The summed E-state index contributed by atoms with van der Waals surface area (Å²) in [5, 5.41) is 0. The van der Waals surface area contributed by atoms with E-state index in [1.807, 2.05) is 0 Å². The predicted octanol–water partition coefficient (Wildman–Crippen LogP) is 5.37. The summed E-state index contributed by atoms with van der Waals surface area (Å²) in [6.07, 6.45) is 11.1. The first-order valence-electron chi connectivity index (χ1n) is 9.62. The molecule has 0 bridgehead atoms. The molecule has 0 saturated heterocycles. The highest BCUT2D eigenvalue weighted by Gasteiger charge is 2.58. The summed E-state index contributed by atoms with van der Waals surface area (Å²) < 4.78 is 5.22. The van der Waals surface area contributed by atoms with Gasteiger partial charge >= 0.3 is 5.97 Å². The predicted molar refractivity (Wildman–Crippen MR) is 93.9 cm³/mol. The molecule has 5 atom stereocenters. The molecule has 3 aliphatic rings. The quantitative estimate of drug-likeness (QED) is 0.505. The van der Waals surface area contributed by atoms with E-state index in [0.717, 1.165) is 18.3 Å². The van der Waals surface area contributed by atoms with Gasteiger partial charge in [0.05, 0.1) is 12.5 Å². The number of fused-ring (bicyclic) bond motifs is 3. The second-order valence-corrected chi connectivity index (χ2v) is 9.10. The number of hydrogen-bond acceptors (Lipinski definition) is 2. The van der Waals surface area contributed by atoms with Crippen molar-refractivity contribution in [2.75, 3.05) is 7.11 Å².